The molecule has 0 spiro atoms. The first kappa shape index (κ1) is 28.0. The summed E-state index contributed by atoms with van der Waals surface area (Å²) in [6.07, 6.45) is 0. The monoisotopic (exact) mass is 720 g/mol. The highest BCUT2D eigenvalue weighted by Gasteiger charge is 2.16. The number of benzene rings is 8. The molecule has 8 aromatic carbocycles. The van der Waals surface area contributed by atoms with E-state index in [2.05, 4.69) is 48.5 Å². The number of aromatic nitrogens is 2. The molecule has 0 atom stereocenters. The van der Waals surface area contributed by atoms with Gasteiger partial charge in [-0.25, -0.2) is 9.97 Å². The minimum absolute atomic E-state index is 0.0591. The van der Waals surface area contributed by atoms with Crippen molar-refractivity contribution in [3.63, 3.8) is 0 Å². The Morgan fingerprint density at radius 3 is 1.46 bits per heavy atom. The van der Waals surface area contributed by atoms with Gasteiger partial charge in [0.05, 0.1) is 16.9 Å². The van der Waals surface area contributed by atoms with Crippen molar-refractivity contribution in [2.75, 3.05) is 0 Å². The van der Waals surface area contributed by atoms with Crippen LogP contribution in [-0.2, 0) is 0 Å². The summed E-state index contributed by atoms with van der Waals surface area (Å²) in [6, 6.07) is 54.8. The molecule has 0 N–H and O–H groups in total. The number of nitrogens with zero attached hydrogens (tertiary/aromatic N) is 2. The molecular formula is C52H32N2O2. The maximum atomic E-state index is 9.67. The van der Waals surface area contributed by atoms with Gasteiger partial charge in [-0.3, -0.25) is 0 Å². The summed E-state index contributed by atoms with van der Waals surface area (Å²) in [7, 11) is 0. The lowest BCUT2D eigenvalue weighted by molar-refractivity contribution is 0.668. The van der Waals surface area contributed by atoms with Crippen molar-refractivity contribution in [2.45, 2.75) is 0 Å². The van der Waals surface area contributed by atoms with E-state index in [1.807, 2.05) is 115 Å². The minimum atomic E-state index is -0.287. The fraction of sp³-hybridized carbons (Fsp3) is 0. The Hall–Kier alpha value is -7.56. The summed E-state index contributed by atoms with van der Waals surface area (Å²) in [5, 5.41) is 3.83. The standard InChI is InChI=1S/C52H32N2O2/c1-3-12-33(13-4-1)39-27-40(37-23-25-51-45(31-37)43-19-8-10-21-49(43)56-51)29-41(28-39)47-32-46(53-52(54-47)34-14-5-2-6-15-34)38-17-11-16-35(26-38)36-22-24-50-44(30-36)42-18-7-9-20-48(42)55-50/h1-32H/i11D,16D,17D,26D. The molecule has 4 nitrogen and oxygen atoms in total. The topological polar surface area (TPSA) is 52.1 Å². The molecule has 0 bridgehead atoms. The van der Waals surface area contributed by atoms with Crippen molar-refractivity contribution in [3.05, 3.63) is 194 Å². The number of hydrogen-bond donors (Lipinski definition) is 0. The fourth-order valence-corrected chi connectivity index (χ4v) is 7.58. The molecule has 4 heteroatoms. The fourth-order valence-electron chi connectivity index (χ4n) is 7.58. The zero-order chi connectivity index (χ0) is 40.5. The third-order valence-corrected chi connectivity index (χ3v) is 10.4. The van der Waals surface area contributed by atoms with E-state index in [4.69, 9.17) is 21.5 Å². The molecule has 11 aromatic rings. The lowest BCUT2D eigenvalue weighted by Gasteiger charge is -2.14. The molecule has 3 aromatic heterocycles. The summed E-state index contributed by atoms with van der Waals surface area (Å²) in [4.78, 5) is 10.2. The Morgan fingerprint density at radius 1 is 0.339 bits per heavy atom. The summed E-state index contributed by atoms with van der Waals surface area (Å²) in [5.74, 6) is 0.411. The normalized spacial score (nSPS) is 12.6. The van der Waals surface area contributed by atoms with E-state index in [-0.39, 0.29) is 35.3 Å². The molecule has 0 amide bonds. The first-order chi connectivity index (χ1) is 29.4. The highest BCUT2D eigenvalue weighted by molar-refractivity contribution is 6.07. The predicted molar refractivity (Wildman–Crippen MR) is 229 cm³/mol. The second-order valence-electron chi connectivity index (χ2n) is 13.9. The third-order valence-electron chi connectivity index (χ3n) is 10.4. The molecule has 56 heavy (non-hydrogen) atoms. The lowest BCUT2D eigenvalue weighted by atomic mass is 9.93. The zero-order valence-electron chi connectivity index (χ0n) is 33.9. The van der Waals surface area contributed by atoms with Gasteiger partial charge in [-0.05, 0) is 100 Å². The zero-order valence-corrected chi connectivity index (χ0v) is 29.9. The van der Waals surface area contributed by atoms with Crippen LogP contribution >= 0.6 is 0 Å². The predicted octanol–water partition coefficient (Wildman–Crippen LogP) is 14.3. The van der Waals surface area contributed by atoms with Crippen LogP contribution in [0.25, 0.3) is 111 Å². The first-order valence-electron chi connectivity index (χ1n) is 20.5. The summed E-state index contributed by atoms with van der Waals surface area (Å²) in [5.41, 5.74) is 10.5. The van der Waals surface area contributed by atoms with Crippen LogP contribution in [0, 0.1) is 0 Å². The van der Waals surface area contributed by atoms with Gasteiger partial charge >= 0.3 is 0 Å². The molecule has 3 heterocycles. The smallest absolute Gasteiger partial charge is 0.160 e. The summed E-state index contributed by atoms with van der Waals surface area (Å²) in [6.45, 7) is 0. The first-order valence-corrected chi connectivity index (χ1v) is 18.5. The highest BCUT2D eigenvalue weighted by atomic mass is 16.3. The van der Waals surface area contributed by atoms with E-state index in [0.717, 1.165) is 71.7 Å². The van der Waals surface area contributed by atoms with Crippen molar-refractivity contribution >= 4 is 43.9 Å². The number of para-hydroxylation sites is 2. The summed E-state index contributed by atoms with van der Waals surface area (Å²) >= 11 is 0. The van der Waals surface area contributed by atoms with E-state index in [0.29, 0.717) is 28.4 Å². The lowest BCUT2D eigenvalue weighted by Crippen LogP contribution is -1.97. The minimum Gasteiger partial charge on any atom is -0.456 e. The second-order valence-corrected chi connectivity index (χ2v) is 13.9. The Bertz CT molecular complexity index is 3490. The van der Waals surface area contributed by atoms with E-state index in [9.17, 15) is 2.74 Å². The van der Waals surface area contributed by atoms with Crippen LogP contribution in [0.3, 0.4) is 0 Å². The van der Waals surface area contributed by atoms with Crippen molar-refractivity contribution in [1.82, 2.24) is 9.97 Å². The van der Waals surface area contributed by atoms with Gasteiger partial charge < -0.3 is 8.83 Å². The van der Waals surface area contributed by atoms with Gasteiger partial charge in [0.15, 0.2) is 5.82 Å². The summed E-state index contributed by atoms with van der Waals surface area (Å²) < 4.78 is 49.2. The number of furan rings is 2. The van der Waals surface area contributed by atoms with Gasteiger partial charge in [-0.1, -0.05) is 127 Å². The maximum absolute atomic E-state index is 9.67. The van der Waals surface area contributed by atoms with Crippen molar-refractivity contribution < 1.29 is 14.3 Å². The number of fused-ring (bicyclic) bond motifs is 6. The highest BCUT2D eigenvalue weighted by Crippen LogP contribution is 2.38. The van der Waals surface area contributed by atoms with Gasteiger partial charge in [0.1, 0.15) is 22.3 Å². The molecule has 0 saturated carbocycles. The van der Waals surface area contributed by atoms with Crippen LogP contribution in [0.4, 0.5) is 0 Å². The molecule has 0 radical (unpaired) electrons. The van der Waals surface area contributed by atoms with Gasteiger partial charge in [0.2, 0.25) is 0 Å². The molecule has 0 unspecified atom stereocenters. The molecule has 0 fully saturated rings. The largest absolute Gasteiger partial charge is 0.456 e. The molecular weight excluding hydrogens is 685 g/mol. The van der Waals surface area contributed by atoms with Gasteiger partial charge in [0.25, 0.3) is 0 Å². The number of hydrogen-bond acceptors (Lipinski definition) is 4. The van der Waals surface area contributed by atoms with Crippen LogP contribution in [0.1, 0.15) is 5.48 Å². The third kappa shape index (κ3) is 5.64. The Balaban J connectivity index is 1.14. The molecule has 0 saturated heterocycles. The molecule has 11 rings (SSSR count). The SMILES string of the molecule is [2H]c1c([2H])c(-c2ccc3oc4ccccc4c3c2)c([2H])c(-c2cc(-c3cc(-c4ccccc4)cc(-c4ccc5oc6ccccc6c5c4)c3)nc(-c3ccccc3)n2)c1[2H]. The van der Waals surface area contributed by atoms with E-state index >= 15 is 0 Å². The second kappa shape index (κ2) is 13.1. The van der Waals surface area contributed by atoms with Gasteiger partial charge in [-0.15, -0.1) is 0 Å². The van der Waals surface area contributed by atoms with Gasteiger partial charge in [0, 0.05) is 38.2 Å². The molecule has 262 valence electrons. The number of rotatable bonds is 6. The maximum Gasteiger partial charge on any atom is 0.160 e. The van der Waals surface area contributed by atoms with Crippen LogP contribution in [0.15, 0.2) is 203 Å². The van der Waals surface area contributed by atoms with Gasteiger partial charge in [-0.2, -0.15) is 0 Å². The molecule has 0 aliphatic carbocycles. The van der Waals surface area contributed by atoms with Crippen molar-refractivity contribution in [3.8, 4) is 67.3 Å². The van der Waals surface area contributed by atoms with E-state index < -0.39 is 0 Å². The quantitative estimate of drug-likeness (QED) is 0.172. The van der Waals surface area contributed by atoms with Crippen LogP contribution < -0.4 is 0 Å². The average molecular weight is 721 g/mol. The Kier molecular flexibility index (Phi) is 6.53. The van der Waals surface area contributed by atoms with Crippen LogP contribution in [-0.4, -0.2) is 9.97 Å². The van der Waals surface area contributed by atoms with Crippen molar-refractivity contribution in [1.29, 1.82) is 0 Å². The van der Waals surface area contributed by atoms with Crippen molar-refractivity contribution in [2.24, 2.45) is 0 Å². The van der Waals surface area contributed by atoms with E-state index in [1.54, 1.807) is 6.07 Å². The Morgan fingerprint density at radius 2 is 0.821 bits per heavy atom. The van der Waals surface area contributed by atoms with Crippen LogP contribution in [0.2, 0.25) is 0 Å². The van der Waals surface area contributed by atoms with E-state index in [1.165, 1.54) is 0 Å². The van der Waals surface area contributed by atoms with Crippen LogP contribution in [0.5, 0.6) is 0 Å². The molecule has 0 aliphatic rings. The Labute approximate surface area is 328 Å². The average Bonchev–Trinajstić information content (AvgIpc) is 3.86. The molecule has 0 aliphatic heterocycles.